The molecule has 5 nitrogen and oxygen atoms in total. The number of hydrogen-bond acceptors (Lipinski definition) is 3. The van der Waals surface area contributed by atoms with Crippen LogP contribution in [0.5, 0.6) is 0 Å². The van der Waals surface area contributed by atoms with E-state index in [1.165, 1.54) is 6.08 Å². The van der Waals surface area contributed by atoms with Gasteiger partial charge in [-0.25, -0.2) is 9.59 Å². The number of carbonyl (C=O) groups excluding carboxylic acids is 2. The van der Waals surface area contributed by atoms with Crippen LogP contribution in [0, 0.1) is 0 Å². The Labute approximate surface area is 129 Å². The number of hydrogen-bond donors (Lipinski definition) is 2. The summed E-state index contributed by atoms with van der Waals surface area (Å²) in [6.45, 7) is 5.31. The lowest BCUT2D eigenvalue weighted by molar-refractivity contribution is -0.138. The fourth-order valence-corrected chi connectivity index (χ4v) is 2.13. The summed E-state index contributed by atoms with van der Waals surface area (Å²) < 4.78 is 5.08. The minimum atomic E-state index is -0.536. The van der Waals surface area contributed by atoms with Crippen molar-refractivity contribution in [2.45, 2.75) is 13.0 Å². The molecule has 114 valence electrons. The molecule has 1 atom stereocenters. The number of esters is 1. The van der Waals surface area contributed by atoms with Gasteiger partial charge < -0.3 is 15.4 Å². The molecule has 2 amide bonds. The first-order chi connectivity index (χ1) is 10.6. The zero-order valence-electron chi connectivity index (χ0n) is 12.3. The van der Waals surface area contributed by atoms with Crippen LogP contribution >= 0.6 is 0 Å². The molecule has 0 saturated carbocycles. The van der Waals surface area contributed by atoms with Gasteiger partial charge in [-0.3, -0.25) is 0 Å². The average molecular weight is 298 g/mol. The lowest BCUT2D eigenvalue weighted by Gasteiger charge is -2.25. The van der Waals surface area contributed by atoms with Crippen molar-refractivity contribution in [3.8, 4) is 0 Å². The molecule has 1 heterocycles. The highest BCUT2D eigenvalue weighted by molar-refractivity contribution is 5.95. The van der Waals surface area contributed by atoms with Gasteiger partial charge in [0.25, 0.3) is 0 Å². The molecule has 0 aromatic heterocycles. The predicted octanol–water partition coefficient (Wildman–Crippen LogP) is 2.38. The van der Waals surface area contributed by atoms with Crippen LogP contribution in [0.4, 0.5) is 4.79 Å². The molecule has 1 aromatic rings. The Bertz CT molecular complexity index is 633. The maximum Gasteiger partial charge on any atom is 0.338 e. The largest absolute Gasteiger partial charge is 0.458 e. The number of rotatable bonds is 5. The number of carbonyl (C=O) groups is 2. The number of benzene rings is 1. The fraction of sp³-hybridized carbons (Fsp3) is 0.176. The van der Waals surface area contributed by atoms with E-state index in [0.29, 0.717) is 11.3 Å². The molecular formula is C17H18N2O3. The molecule has 5 heteroatoms. The summed E-state index contributed by atoms with van der Waals surface area (Å²) in [5, 5.41) is 5.29. The van der Waals surface area contributed by atoms with Crippen LogP contribution in [0.3, 0.4) is 0 Å². The van der Waals surface area contributed by atoms with Gasteiger partial charge in [-0.15, -0.1) is 0 Å². The van der Waals surface area contributed by atoms with Crippen LogP contribution in [0.15, 0.2) is 60.3 Å². The SMILES string of the molecule is C=CCOC(=O)C1=C(C)NC(=O)N[C@H]1/C=C/c1ccccc1. The van der Waals surface area contributed by atoms with Crippen molar-refractivity contribution in [3.63, 3.8) is 0 Å². The number of allylic oxidation sites excluding steroid dienone is 1. The molecule has 0 unspecified atom stereocenters. The second-order valence-corrected chi connectivity index (χ2v) is 4.77. The second kappa shape index (κ2) is 7.26. The summed E-state index contributed by atoms with van der Waals surface area (Å²) in [6, 6.07) is 8.75. The summed E-state index contributed by atoms with van der Waals surface area (Å²) >= 11 is 0. The third kappa shape index (κ3) is 3.85. The van der Waals surface area contributed by atoms with Gasteiger partial charge in [0.1, 0.15) is 6.61 Å². The van der Waals surface area contributed by atoms with E-state index in [-0.39, 0.29) is 12.6 Å². The van der Waals surface area contributed by atoms with Gasteiger partial charge in [0, 0.05) is 5.70 Å². The normalized spacial score (nSPS) is 17.9. The maximum atomic E-state index is 12.1. The second-order valence-electron chi connectivity index (χ2n) is 4.77. The van der Waals surface area contributed by atoms with E-state index in [1.54, 1.807) is 13.0 Å². The smallest absolute Gasteiger partial charge is 0.338 e. The number of urea groups is 1. The van der Waals surface area contributed by atoms with E-state index in [0.717, 1.165) is 5.56 Å². The van der Waals surface area contributed by atoms with Gasteiger partial charge in [-0.05, 0) is 12.5 Å². The highest BCUT2D eigenvalue weighted by Gasteiger charge is 2.29. The molecule has 2 rings (SSSR count). The average Bonchev–Trinajstić information content (AvgIpc) is 2.51. The van der Waals surface area contributed by atoms with Crippen molar-refractivity contribution in [2.75, 3.05) is 6.61 Å². The number of nitrogens with one attached hydrogen (secondary N) is 2. The van der Waals surface area contributed by atoms with Gasteiger partial charge in [0.15, 0.2) is 0 Å². The Morgan fingerprint density at radius 3 is 2.77 bits per heavy atom. The molecule has 2 N–H and O–H groups in total. The van der Waals surface area contributed by atoms with Crippen LogP contribution in [0.2, 0.25) is 0 Å². The maximum absolute atomic E-state index is 12.1. The van der Waals surface area contributed by atoms with E-state index in [4.69, 9.17) is 4.74 Å². The minimum Gasteiger partial charge on any atom is -0.458 e. The fourth-order valence-electron chi connectivity index (χ4n) is 2.13. The minimum absolute atomic E-state index is 0.124. The molecular weight excluding hydrogens is 280 g/mol. The van der Waals surface area contributed by atoms with Gasteiger partial charge in [0.05, 0.1) is 11.6 Å². The van der Waals surface area contributed by atoms with E-state index in [2.05, 4.69) is 17.2 Å². The molecule has 0 radical (unpaired) electrons. The van der Waals surface area contributed by atoms with Crippen LogP contribution < -0.4 is 10.6 Å². The summed E-state index contributed by atoms with van der Waals surface area (Å²) in [7, 11) is 0. The Balaban J connectivity index is 2.24. The first-order valence-electron chi connectivity index (χ1n) is 6.91. The zero-order chi connectivity index (χ0) is 15.9. The highest BCUT2D eigenvalue weighted by Crippen LogP contribution is 2.16. The Kier molecular flexibility index (Phi) is 5.14. The van der Waals surface area contributed by atoms with Crippen molar-refractivity contribution < 1.29 is 14.3 Å². The molecule has 1 aliphatic heterocycles. The van der Waals surface area contributed by atoms with E-state index in [9.17, 15) is 9.59 Å². The molecule has 0 fully saturated rings. The van der Waals surface area contributed by atoms with Gasteiger partial charge in [0.2, 0.25) is 0 Å². The summed E-state index contributed by atoms with van der Waals surface area (Å²) in [4.78, 5) is 23.8. The lowest BCUT2D eigenvalue weighted by Crippen LogP contribution is -2.49. The molecule has 1 aliphatic rings. The first-order valence-corrected chi connectivity index (χ1v) is 6.91. The molecule has 0 saturated heterocycles. The molecule has 0 aliphatic carbocycles. The Morgan fingerprint density at radius 2 is 2.09 bits per heavy atom. The molecule has 1 aromatic carbocycles. The van der Waals surface area contributed by atoms with Crippen molar-refractivity contribution >= 4 is 18.1 Å². The van der Waals surface area contributed by atoms with Crippen molar-refractivity contribution in [1.29, 1.82) is 0 Å². The first kappa shape index (κ1) is 15.6. The van der Waals surface area contributed by atoms with Crippen molar-refractivity contribution in [3.05, 3.63) is 65.9 Å². The standard InChI is InChI=1S/C17H18N2O3/c1-3-11-22-16(20)15-12(2)18-17(21)19-14(15)10-9-13-7-5-4-6-8-13/h3-10,14H,1,11H2,2H3,(H2,18,19,21)/b10-9+/t14-/m0/s1. The van der Waals surface area contributed by atoms with Gasteiger partial charge in [-0.1, -0.05) is 55.1 Å². The number of ether oxygens (including phenoxy) is 1. The molecule has 0 bridgehead atoms. The van der Waals surface area contributed by atoms with Crippen LogP contribution in [-0.2, 0) is 9.53 Å². The lowest BCUT2D eigenvalue weighted by atomic mass is 10.0. The summed E-state index contributed by atoms with van der Waals surface area (Å²) in [5.74, 6) is -0.479. The molecule has 22 heavy (non-hydrogen) atoms. The van der Waals surface area contributed by atoms with E-state index < -0.39 is 12.0 Å². The molecule has 0 spiro atoms. The van der Waals surface area contributed by atoms with Gasteiger partial charge >= 0.3 is 12.0 Å². The Hall–Kier alpha value is -2.82. The summed E-state index contributed by atoms with van der Waals surface area (Å²) in [5.41, 5.74) is 1.85. The van der Waals surface area contributed by atoms with Crippen LogP contribution in [0.25, 0.3) is 6.08 Å². The predicted molar refractivity (Wildman–Crippen MR) is 84.8 cm³/mol. The summed E-state index contributed by atoms with van der Waals surface area (Å²) in [6.07, 6.45) is 5.11. The quantitative estimate of drug-likeness (QED) is 0.648. The van der Waals surface area contributed by atoms with Crippen LogP contribution in [0.1, 0.15) is 12.5 Å². The van der Waals surface area contributed by atoms with E-state index in [1.807, 2.05) is 36.4 Å². The Morgan fingerprint density at radius 1 is 1.36 bits per heavy atom. The van der Waals surface area contributed by atoms with Crippen LogP contribution in [-0.4, -0.2) is 24.6 Å². The third-order valence-electron chi connectivity index (χ3n) is 3.14. The van der Waals surface area contributed by atoms with Crippen molar-refractivity contribution in [2.24, 2.45) is 0 Å². The monoisotopic (exact) mass is 298 g/mol. The van der Waals surface area contributed by atoms with Gasteiger partial charge in [-0.2, -0.15) is 0 Å². The third-order valence-corrected chi connectivity index (χ3v) is 3.14. The highest BCUT2D eigenvalue weighted by atomic mass is 16.5. The zero-order valence-corrected chi connectivity index (χ0v) is 12.3. The topological polar surface area (TPSA) is 67.4 Å². The van der Waals surface area contributed by atoms with Crippen molar-refractivity contribution in [1.82, 2.24) is 10.6 Å². The van der Waals surface area contributed by atoms with E-state index >= 15 is 0 Å². The number of amides is 2.